The van der Waals surface area contributed by atoms with Gasteiger partial charge in [-0.1, -0.05) is 36.4 Å². The molecule has 0 atom stereocenters. The number of nitrogen functional groups attached to an aromatic ring is 1. The summed E-state index contributed by atoms with van der Waals surface area (Å²) in [6.07, 6.45) is 0.903. The molecule has 0 aliphatic heterocycles. The van der Waals surface area contributed by atoms with E-state index in [0.29, 0.717) is 6.54 Å². The summed E-state index contributed by atoms with van der Waals surface area (Å²) < 4.78 is 0. The minimum atomic E-state index is 0.673. The molecule has 2 nitrogen and oxygen atoms in total. The first-order chi connectivity index (χ1) is 7.81. The van der Waals surface area contributed by atoms with Crippen molar-refractivity contribution in [2.24, 2.45) is 5.73 Å². The van der Waals surface area contributed by atoms with E-state index in [4.69, 9.17) is 11.5 Å². The second-order valence-electron chi connectivity index (χ2n) is 3.82. The molecule has 2 aromatic rings. The van der Waals surface area contributed by atoms with Crippen LogP contribution in [0.2, 0.25) is 0 Å². The summed E-state index contributed by atoms with van der Waals surface area (Å²) in [5.41, 5.74) is 15.8. The Hall–Kier alpha value is -1.80. The maximum Gasteiger partial charge on any atom is 0.0314 e. The van der Waals surface area contributed by atoms with Gasteiger partial charge in [0.25, 0.3) is 0 Å². The fraction of sp³-hybridized carbons (Fsp3) is 0.143. The van der Waals surface area contributed by atoms with Crippen LogP contribution < -0.4 is 11.5 Å². The number of benzene rings is 2. The van der Waals surface area contributed by atoms with Crippen molar-refractivity contribution in [1.82, 2.24) is 0 Å². The Morgan fingerprint density at radius 2 is 1.56 bits per heavy atom. The molecular weight excluding hydrogens is 196 g/mol. The zero-order valence-corrected chi connectivity index (χ0v) is 9.19. The Morgan fingerprint density at radius 3 is 2.25 bits per heavy atom. The van der Waals surface area contributed by atoms with E-state index >= 15 is 0 Å². The molecule has 0 saturated heterocycles. The molecule has 0 unspecified atom stereocenters. The molecule has 0 heterocycles. The predicted molar refractivity (Wildman–Crippen MR) is 69.0 cm³/mol. The maximum absolute atomic E-state index is 5.68. The van der Waals surface area contributed by atoms with Gasteiger partial charge >= 0.3 is 0 Å². The van der Waals surface area contributed by atoms with Crippen LogP contribution in [0.25, 0.3) is 11.1 Å². The highest BCUT2D eigenvalue weighted by Crippen LogP contribution is 2.24. The van der Waals surface area contributed by atoms with E-state index in [1.54, 1.807) is 0 Å². The van der Waals surface area contributed by atoms with Gasteiger partial charge < -0.3 is 11.5 Å². The van der Waals surface area contributed by atoms with Crippen LogP contribution in [0.3, 0.4) is 0 Å². The minimum absolute atomic E-state index is 0.673. The lowest BCUT2D eigenvalue weighted by Gasteiger charge is -2.08. The quantitative estimate of drug-likeness (QED) is 0.768. The van der Waals surface area contributed by atoms with Crippen molar-refractivity contribution in [3.63, 3.8) is 0 Å². The smallest absolute Gasteiger partial charge is 0.0314 e. The van der Waals surface area contributed by atoms with Crippen molar-refractivity contribution in [2.75, 3.05) is 12.3 Å². The van der Waals surface area contributed by atoms with Crippen molar-refractivity contribution < 1.29 is 0 Å². The van der Waals surface area contributed by atoms with Crippen LogP contribution in [0.15, 0.2) is 48.5 Å². The lowest BCUT2D eigenvalue weighted by Crippen LogP contribution is -2.03. The molecule has 0 bridgehead atoms. The first kappa shape index (κ1) is 10.7. The summed E-state index contributed by atoms with van der Waals surface area (Å²) in [5, 5.41) is 0. The molecule has 2 aromatic carbocycles. The van der Waals surface area contributed by atoms with E-state index in [9.17, 15) is 0 Å². The SMILES string of the molecule is NCCc1ccccc1-c1ccc(N)cc1. The topological polar surface area (TPSA) is 52.0 Å². The highest BCUT2D eigenvalue weighted by molar-refractivity contribution is 5.68. The van der Waals surface area contributed by atoms with Crippen LogP contribution in [-0.4, -0.2) is 6.54 Å². The van der Waals surface area contributed by atoms with Crippen LogP contribution in [0.1, 0.15) is 5.56 Å². The lowest BCUT2D eigenvalue weighted by atomic mass is 9.97. The average Bonchev–Trinajstić information content (AvgIpc) is 2.32. The summed E-state index contributed by atoms with van der Waals surface area (Å²) in [4.78, 5) is 0. The third kappa shape index (κ3) is 2.23. The number of hydrogen-bond acceptors (Lipinski definition) is 2. The van der Waals surface area contributed by atoms with Gasteiger partial charge in [0.2, 0.25) is 0 Å². The normalized spacial score (nSPS) is 10.3. The van der Waals surface area contributed by atoms with Gasteiger partial charge in [0.1, 0.15) is 0 Å². The summed E-state index contributed by atoms with van der Waals surface area (Å²) in [6.45, 7) is 0.673. The molecule has 0 saturated carbocycles. The van der Waals surface area contributed by atoms with Gasteiger partial charge in [-0.25, -0.2) is 0 Å². The van der Waals surface area contributed by atoms with E-state index < -0.39 is 0 Å². The predicted octanol–water partition coefficient (Wildman–Crippen LogP) is 2.44. The molecule has 0 amide bonds. The van der Waals surface area contributed by atoms with Gasteiger partial charge in [-0.05, 0) is 41.8 Å². The van der Waals surface area contributed by atoms with Gasteiger partial charge in [-0.2, -0.15) is 0 Å². The molecule has 0 spiro atoms. The van der Waals surface area contributed by atoms with Gasteiger partial charge in [-0.3, -0.25) is 0 Å². The molecule has 2 heteroatoms. The molecule has 0 aromatic heterocycles. The zero-order valence-electron chi connectivity index (χ0n) is 9.19. The highest BCUT2D eigenvalue weighted by Gasteiger charge is 2.03. The van der Waals surface area contributed by atoms with Crippen molar-refractivity contribution in [2.45, 2.75) is 6.42 Å². The summed E-state index contributed by atoms with van der Waals surface area (Å²) in [5.74, 6) is 0. The second-order valence-corrected chi connectivity index (χ2v) is 3.82. The Kier molecular flexibility index (Phi) is 3.22. The Morgan fingerprint density at radius 1 is 0.875 bits per heavy atom. The Bertz CT molecular complexity index is 460. The first-order valence-corrected chi connectivity index (χ1v) is 5.45. The van der Waals surface area contributed by atoms with Gasteiger partial charge in [0.15, 0.2) is 0 Å². The molecule has 16 heavy (non-hydrogen) atoms. The fourth-order valence-corrected chi connectivity index (χ4v) is 1.84. The lowest BCUT2D eigenvalue weighted by molar-refractivity contribution is 0.971. The maximum atomic E-state index is 5.68. The highest BCUT2D eigenvalue weighted by atomic mass is 14.5. The molecule has 4 N–H and O–H groups in total. The number of hydrogen-bond donors (Lipinski definition) is 2. The number of rotatable bonds is 3. The van der Waals surface area contributed by atoms with Crippen LogP contribution in [0, 0.1) is 0 Å². The monoisotopic (exact) mass is 212 g/mol. The van der Waals surface area contributed by atoms with Crippen LogP contribution in [0.4, 0.5) is 5.69 Å². The molecule has 2 rings (SSSR count). The summed E-state index contributed by atoms with van der Waals surface area (Å²) in [7, 11) is 0. The van der Waals surface area contributed by atoms with Gasteiger partial charge in [-0.15, -0.1) is 0 Å². The first-order valence-electron chi connectivity index (χ1n) is 5.45. The molecule has 0 aliphatic carbocycles. The van der Waals surface area contributed by atoms with Crippen LogP contribution in [-0.2, 0) is 6.42 Å². The van der Waals surface area contributed by atoms with E-state index in [1.807, 2.05) is 36.4 Å². The Labute approximate surface area is 95.9 Å². The van der Waals surface area contributed by atoms with Gasteiger partial charge in [0, 0.05) is 5.69 Å². The molecule has 0 radical (unpaired) electrons. The zero-order chi connectivity index (χ0) is 11.4. The van der Waals surface area contributed by atoms with E-state index in [2.05, 4.69) is 12.1 Å². The van der Waals surface area contributed by atoms with E-state index in [0.717, 1.165) is 12.1 Å². The second kappa shape index (κ2) is 4.81. The van der Waals surface area contributed by atoms with E-state index in [1.165, 1.54) is 16.7 Å². The molecule has 0 aliphatic rings. The van der Waals surface area contributed by atoms with Crippen LogP contribution in [0.5, 0.6) is 0 Å². The average molecular weight is 212 g/mol. The van der Waals surface area contributed by atoms with Crippen molar-refractivity contribution >= 4 is 5.69 Å². The summed E-state index contributed by atoms with van der Waals surface area (Å²) >= 11 is 0. The summed E-state index contributed by atoms with van der Waals surface area (Å²) in [6, 6.07) is 16.3. The molecule has 82 valence electrons. The largest absolute Gasteiger partial charge is 0.399 e. The Balaban J connectivity index is 2.42. The molecular formula is C14H16N2. The van der Waals surface area contributed by atoms with Crippen LogP contribution >= 0.6 is 0 Å². The third-order valence-electron chi connectivity index (χ3n) is 2.65. The van der Waals surface area contributed by atoms with E-state index in [-0.39, 0.29) is 0 Å². The van der Waals surface area contributed by atoms with Crippen molar-refractivity contribution in [3.8, 4) is 11.1 Å². The fourth-order valence-electron chi connectivity index (χ4n) is 1.84. The van der Waals surface area contributed by atoms with Crippen molar-refractivity contribution in [1.29, 1.82) is 0 Å². The van der Waals surface area contributed by atoms with Gasteiger partial charge in [0.05, 0.1) is 0 Å². The third-order valence-corrected chi connectivity index (χ3v) is 2.65. The standard InChI is InChI=1S/C14H16N2/c15-10-9-11-3-1-2-4-14(11)12-5-7-13(16)8-6-12/h1-8H,9-10,15-16H2. The van der Waals surface area contributed by atoms with Crippen molar-refractivity contribution in [3.05, 3.63) is 54.1 Å². The number of anilines is 1. The number of nitrogens with two attached hydrogens (primary N) is 2. The molecule has 0 fully saturated rings. The minimum Gasteiger partial charge on any atom is -0.399 e.